The van der Waals surface area contributed by atoms with Crippen molar-refractivity contribution in [1.29, 1.82) is 0 Å². The van der Waals surface area contributed by atoms with Crippen molar-refractivity contribution in [3.05, 3.63) is 0 Å². The minimum absolute atomic E-state index is 0.0889. The standard InChI is InChI=1S/C14H23N3O8S/c1-4-23-11(19)13(2,3)8-24-26(21,22)25-14(10(15)18)6-5-9-7-17(14)12(20)16-9/h9H,4-8H2,1-3H3,(H2,15,18)(H,16,20)/t9-,14+/m1/s1. The molecule has 12 heteroatoms. The van der Waals surface area contributed by atoms with Gasteiger partial charge in [0.15, 0.2) is 0 Å². The minimum Gasteiger partial charge on any atom is -0.466 e. The van der Waals surface area contributed by atoms with Gasteiger partial charge in [-0.25, -0.2) is 13.2 Å². The van der Waals surface area contributed by atoms with Crippen molar-refractivity contribution in [2.45, 2.75) is 45.4 Å². The van der Waals surface area contributed by atoms with Crippen LogP contribution in [-0.2, 0) is 33.1 Å². The molecule has 2 atom stereocenters. The number of nitrogens with one attached hydrogen (secondary N) is 1. The highest BCUT2D eigenvalue weighted by atomic mass is 32.3. The molecule has 0 aromatic heterocycles. The number of nitrogens with two attached hydrogens (primary N) is 1. The van der Waals surface area contributed by atoms with Crippen LogP contribution in [0.15, 0.2) is 0 Å². The molecule has 0 saturated carbocycles. The Morgan fingerprint density at radius 3 is 2.65 bits per heavy atom. The number of fused-ring (bicyclic) bond motifs is 2. The van der Waals surface area contributed by atoms with E-state index in [2.05, 4.69) is 5.32 Å². The first kappa shape index (κ1) is 20.4. The van der Waals surface area contributed by atoms with E-state index in [1.54, 1.807) is 6.92 Å². The number of ether oxygens (including phenoxy) is 1. The number of primary amides is 1. The van der Waals surface area contributed by atoms with Gasteiger partial charge in [-0.1, -0.05) is 0 Å². The van der Waals surface area contributed by atoms with Gasteiger partial charge < -0.3 is 15.8 Å². The lowest BCUT2D eigenvalue weighted by molar-refractivity contribution is -0.157. The summed E-state index contributed by atoms with van der Waals surface area (Å²) in [6.07, 6.45) is 0.213. The normalized spacial score (nSPS) is 25.7. The number of rotatable bonds is 8. The fraction of sp³-hybridized carbons (Fsp3) is 0.786. The number of carbonyl (C=O) groups excluding carboxylic acids is 3. The number of amides is 3. The summed E-state index contributed by atoms with van der Waals surface area (Å²) in [5.41, 5.74) is 1.91. The van der Waals surface area contributed by atoms with Crippen molar-refractivity contribution in [2.75, 3.05) is 19.8 Å². The summed E-state index contributed by atoms with van der Waals surface area (Å²) in [5.74, 6) is -1.77. The Kier molecular flexibility index (Phi) is 5.49. The summed E-state index contributed by atoms with van der Waals surface area (Å²) in [6.45, 7) is 4.13. The second kappa shape index (κ2) is 7.00. The molecule has 26 heavy (non-hydrogen) atoms. The van der Waals surface area contributed by atoms with Crippen LogP contribution in [0.4, 0.5) is 4.79 Å². The monoisotopic (exact) mass is 393 g/mol. The smallest absolute Gasteiger partial charge is 0.402 e. The minimum atomic E-state index is -4.74. The lowest BCUT2D eigenvalue weighted by Gasteiger charge is -2.39. The van der Waals surface area contributed by atoms with E-state index in [1.807, 2.05) is 0 Å². The second-order valence-corrected chi connectivity index (χ2v) is 8.02. The Morgan fingerprint density at radius 1 is 1.42 bits per heavy atom. The van der Waals surface area contributed by atoms with Crippen LogP contribution in [0, 0.1) is 5.41 Å². The van der Waals surface area contributed by atoms with Crippen LogP contribution in [0.1, 0.15) is 33.6 Å². The van der Waals surface area contributed by atoms with Crippen LogP contribution >= 0.6 is 0 Å². The second-order valence-electron chi connectivity index (χ2n) is 6.80. The van der Waals surface area contributed by atoms with E-state index in [-0.39, 0.29) is 25.6 Å². The van der Waals surface area contributed by atoms with E-state index < -0.39 is 46.1 Å². The van der Waals surface area contributed by atoms with Crippen molar-refractivity contribution >= 4 is 28.3 Å². The number of piperidine rings is 1. The molecule has 0 spiro atoms. The average molecular weight is 393 g/mol. The molecule has 11 nitrogen and oxygen atoms in total. The zero-order valence-corrected chi connectivity index (χ0v) is 15.6. The first-order valence-electron chi connectivity index (χ1n) is 8.09. The molecule has 0 aromatic rings. The van der Waals surface area contributed by atoms with Gasteiger partial charge in [-0.05, 0) is 27.2 Å². The van der Waals surface area contributed by atoms with Gasteiger partial charge >= 0.3 is 22.4 Å². The molecule has 2 fully saturated rings. The predicted octanol–water partition coefficient (Wildman–Crippen LogP) is -0.777. The molecule has 3 amide bonds. The van der Waals surface area contributed by atoms with E-state index in [4.69, 9.17) is 18.8 Å². The van der Waals surface area contributed by atoms with Crippen molar-refractivity contribution in [3.63, 3.8) is 0 Å². The van der Waals surface area contributed by atoms with Gasteiger partial charge in [-0.2, -0.15) is 8.42 Å². The fourth-order valence-electron chi connectivity index (χ4n) is 2.76. The van der Waals surface area contributed by atoms with Crippen LogP contribution in [0.5, 0.6) is 0 Å². The average Bonchev–Trinajstić information content (AvgIpc) is 2.85. The molecular weight excluding hydrogens is 370 g/mol. The quantitative estimate of drug-likeness (QED) is 0.509. The highest BCUT2D eigenvalue weighted by Crippen LogP contribution is 2.35. The number of esters is 1. The molecular formula is C14H23N3O8S. The summed E-state index contributed by atoms with van der Waals surface area (Å²) < 4.78 is 39.1. The number of nitrogens with zero attached hydrogens (tertiary/aromatic N) is 1. The van der Waals surface area contributed by atoms with Crippen LogP contribution in [0.3, 0.4) is 0 Å². The Balaban J connectivity index is 2.14. The Hall–Kier alpha value is -1.92. The van der Waals surface area contributed by atoms with Gasteiger partial charge in [0.25, 0.3) is 5.91 Å². The molecule has 3 N–H and O–H groups in total. The number of hydrogen-bond donors (Lipinski definition) is 2. The number of carbonyl (C=O) groups is 3. The third-order valence-electron chi connectivity index (χ3n) is 4.26. The fourth-order valence-corrected chi connectivity index (χ4v) is 3.84. The first-order chi connectivity index (χ1) is 11.9. The molecule has 0 unspecified atom stereocenters. The Morgan fingerprint density at radius 2 is 2.08 bits per heavy atom. The van der Waals surface area contributed by atoms with Crippen molar-refractivity contribution in [3.8, 4) is 0 Å². The summed E-state index contributed by atoms with van der Waals surface area (Å²) in [4.78, 5) is 36.7. The predicted molar refractivity (Wildman–Crippen MR) is 86.6 cm³/mol. The summed E-state index contributed by atoms with van der Waals surface area (Å²) in [7, 11) is -4.74. The summed E-state index contributed by atoms with van der Waals surface area (Å²) in [6, 6.07) is -0.849. The van der Waals surface area contributed by atoms with E-state index in [9.17, 15) is 22.8 Å². The van der Waals surface area contributed by atoms with Gasteiger partial charge in [0, 0.05) is 19.0 Å². The Labute approximate surface area is 151 Å². The molecule has 2 aliphatic rings. The zero-order valence-electron chi connectivity index (χ0n) is 14.8. The van der Waals surface area contributed by atoms with Crippen LogP contribution in [0.25, 0.3) is 0 Å². The van der Waals surface area contributed by atoms with E-state index in [0.29, 0.717) is 6.42 Å². The highest BCUT2D eigenvalue weighted by Gasteiger charge is 2.57. The summed E-state index contributed by atoms with van der Waals surface area (Å²) in [5, 5.41) is 2.60. The van der Waals surface area contributed by atoms with E-state index in [0.717, 1.165) is 4.90 Å². The lowest BCUT2D eigenvalue weighted by atomic mass is 9.95. The molecule has 0 radical (unpaired) electrons. The molecule has 0 aromatic carbocycles. The van der Waals surface area contributed by atoms with Gasteiger partial charge in [-0.15, -0.1) is 0 Å². The molecule has 2 heterocycles. The maximum atomic E-state index is 12.3. The van der Waals surface area contributed by atoms with Crippen LogP contribution < -0.4 is 11.1 Å². The third kappa shape index (κ3) is 3.91. The topological polar surface area (TPSA) is 154 Å². The third-order valence-corrected chi connectivity index (χ3v) is 5.15. The first-order valence-corrected chi connectivity index (χ1v) is 9.42. The molecule has 2 aliphatic heterocycles. The van der Waals surface area contributed by atoms with Crippen LogP contribution in [-0.4, -0.2) is 62.8 Å². The summed E-state index contributed by atoms with van der Waals surface area (Å²) >= 11 is 0. The van der Waals surface area contributed by atoms with Gasteiger partial charge in [0.2, 0.25) is 5.72 Å². The SMILES string of the molecule is CCOC(=O)C(C)(C)COS(=O)(=O)O[C@]1(C(N)=O)CC[C@@H]2CN1C(=O)N2. The van der Waals surface area contributed by atoms with E-state index in [1.165, 1.54) is 13.8 Å². The highest BCUT2D eigenvalue weighted by molar-refractivity contribution is 7.81. The van der Waals surface area contributed by atoms with Gasteiger partial charge in [-0.3, -0.25) is 14.5 Å². The molecule has 2 rings (SSSR count). The van der Waals surface area contributed by atoms with Crippen molar-refractivity contribution in [2.24, 2.45) is 11.1 Å². The maximum Gasteiger partial charge on any atom is 0.402 e. The largest absolute Gasteiger partial charge is 0.466 e. The van der Waals surface area contributed by atoms with Crippen molar-refractivity contribution in [1.82, 2.24) is 10.2 Å². The van der Waals surface area contributed by atoms with Crippen LogP contribution in [0.2, 0.25) is 0 Å². The molecule has 2 saturated heterocycles. The number of urea groups is 1. The molecule has 0 aliphatic carbocycles. The van der Waals surface area contributed by atoms with Crippen molar-refractivity contribution < 1.29 is 35.9 Å². The maximum absolute atomic E-state index is 12.3. The van der Waals surface area contributed by atoms with Gasteiger partial charge in [0.1, 0.15) is 0 Å². The van der Waals surface area contributed by atoms with Gasteiger partial charge in [0.05, 0.1) is 18.6 Å². The number of hydrogen-bond acceptors (Lipinski definition) is 8. The molecule has 148 valence electrons. The molecule has 2 bridgehead atoms. The lowest BCUT2D eigenvalue weighted by Crippen LogP contribution is -2.62. The van der Waals surface area contributed by atoms with E-state index >= 15 is 0 Å². The zero-order chi connectivity index (χ0) is 19.8. The Bertz CT molecular complexity index is 707.